The van der Waals surface area contributed by atoms with E-state index in [4.69, 9.17) is 29.4 Å². The second-order valence-corrected chi connectivity index (χ2v) is 7.71. The van der Waals surface area contributed by atoms with Gasteiger partial charge in [-0.05, 0) is 19.4 Å². The van der Waals surface area contributed by atoms with Crippen molar-refractivity contribution >= 4 is 11.9 Å². The molecule has 2 N–H and O–H groups in total. The van der Waals surface area contributed by atoms with Crippen LogP contribution in [0.5, 0.6) is 0 Å². The molecule has 3 fully saturated rings. The predicted octanol–water partition coefficient (Wildman–Crippen LogP) is 1.18. The van der Waals surface area contributed by atoms with Gasteiger partial charge in [0.15, 0.2) is 12.1 Å². The number of amides is 1. The first kappa shape index (κ1) is 19.1. The average molecular weight is 389 g/mol. The molecule has 5 atom stereocenters. The van der Waals surface area contributed by atoms with Crippen molar-refractivity contribution in [2.75, 3.05) is 0 Å². The third-order valence-corrected chi connectivity index (χ3v) is 5.19. The number of esters is 1. The fourth-order valence-electron chi connectivity index (χ4n) is 3.90. The van der Waals surface area contributed by atoms with E-state index in [2.05, 4.69) is 6.58 Å². The summed E-state index contributed by atoms with van der Waals surface area (Å²) in [4.78, 5) is 24.4. The zero-order valence-electron chi connectivity index (χ0n) is 15.8. The van der Waals surface area contributed by atoms with Gasteiger partial charge in [-0.2, -0.15) is 0 Å². The highest BCUT2D eigenvalue weighted by Gasteiger charge is 2.66. The average Bonchev–Trinajstić information content (AvgIpc) is 3.22. The lowest BCUT2D eigenvalue weighted by Crippen LogP contribution is -2.58. The van der Waals surface area contributed by atoms with Crippen molar-refractivity contribution in [3.8, 4) is 0 Å². The van der Waals surface area contributed by atoms with E-state index in [0.29, 0.717) is 0 Å². The Morgan fingerprint density at radius 3 is 2.61 bits per heavy atom. The highest BCUT2D eigenvalue weighted by Crippen LogP contribution is 2.46. The number of carbonyl (C=O) groups is 2. The molecular formula is C20H23NO7. The van der Waals surface area contributed by atoms with Crippen molar-refractivity contribution in [1.29, 1.82) is 0 Å². The van der Waals surface area contributed by atoms with E-state index in [1.807, 2.05) is 30.3 Å². The number of rotatable bonds is 5. The number of hydrogen-bond donors (Lipinski definition) is 1. The number of carbonyl (C=O) groups excluding carboxylic acids is 2. The Morgan fingerprint density at radius 1 is 1.29 bits per heavy atom. The van der Waals surface area contributed by atoms with Crippen LogP contribution < -0.4 is 5.73 Å². The molecule has 3 aliphatic heterocycles. The zero-order chi connectivity index (χ0) is 20.1. The van der Waals surface area contributed by atoms with E-state index in [9.17, 15) is 9.59 Å². The summed E-state index contributed by atoms with van der Waals surface area (Å²) in [6.07, 6.45) is -3.17. The fraction of sp³-hybridized carbons (Fsp3) is 0.500. The van der Waals surface area contributed by atoms with Crippen LogP contribution in [0.25, 0.3) is 0 Å². The topological polar surface area (TPSA) is 106 Å². The van der Waals surface area contributed by atoms with Crippen LogP contribution in [0.4, 0.5) is 0 Å². The molecule has 3 aliphatic rings. The summed E-state index contributed by atoms with van der Waals surface area (Å²) in [6.45, 7) is 7.44. The molecular weight excluding hydrogens is 366 g/mol. The van der Waals surface area contributed by atoms with Gasteiger partial charge in [0.1, 0.15) is 18.3 Å². The Balaban J connectivity index is 1.64. The fourth-order valence-corrected chi connectivity index (χ4v) is 3.90. The van der Waals surface area contributed by atoms with Gasteiger partial charge >= 0.3 is 5.97 Å². The number of primary amides is 1. The van der Waals surface area contributed by atoms with Gasteiger partial charge in [-0.25, -0.2) is 4.79 Å². The van der Waals surface area contributed by atoms with Crippen LogP contribution in [0, 0.1) is 0 Å². The smallest absolute Gasteiger partial charge is 0.334 e. The van der Waals surface area contributed by atoms with Gasteiger partial charge in [0.05, 0.1) is 6.61 Å². The molecule has 5 unspecified atom stereocenters. The maximum absolute atomic E-state index is 12.4. The largest absolute Gasteiger partial charge is 0.442 e. The highest BCUT2D eigenvalue weighted by atomic mass is 16.8. The van der Waals surface area contributed by atoms with Crippen molar-refractivity contribution in [3.63, 3.8) is 0 Å². The molecule has 8 nitrogen and oxygen atoms in total. The number of fused-ring (bicyclic) bond motifs is 1. The lowest BCUT2D eigenvalue weighted by Gasteiger charge is -2.34. The van der Waals surface area contributed by atoms with Crippen molar-refractivity contribution in [2.45, 2.75) is 62.9 Å². The van der Waals surface area contributed by atoms with E-state index in [0.717, 1.165) is 5.56 Å². The predicted molar refractivity (Wildman–Crippen MR) is 95.5 cm³/mol. The van der Waals surface area contributed by atoms with Crippen LogP contribution >= 0.6 is 0 Å². The molecule has 1 aromatic carbocycles. The van der Waals surface area contributed by atoms with Crippen LogP contribution in [0.15, 0.2) is 42.5 Å². The van der Waals surface area contributed by atoms with Crippen LogP contribution in [-0.4, -0.2) is 47.9 Å². The molecule has 3 saturated heterocycles. The van der Waals surface area contributed by atoms with Gasteiger partial charge in [-0.3, -0.25) is 4.79 Å². The molecule has 28 heavy (non-hydrogen) atoms. The summed E-state index contributed by atoms with van der Waals surface area (Å²) >= 11 is 0. The number of hydrogen-bond acceptors (Lipinski definition) is 7. The van der Waals surface area contributed by atoms with E-state index in [1.54, 1.807) is 13.8 Å². The van der Waals surface area contributed by atoms with Gasteiger partial charge < -0.3 is 29.4 Å². The minimum atomic E-state index is -1.71. The summed E-state index contributed by atoms with van der Waals surface area (Å²) in [6, 6.07) is 9.54. The third kappa shape index (κ3) is 3.12. The van der Waals surface area contributed by atoms with Crippen LogP contribution in [0.2, 0.25) is 0 Å². The quantitative estimate of drug-likeness (QED) is 0.595. The van der Waals surface area contributed by atoms with Crippen molar-refractivity contribution in [1.82, 2.24) is 0 Å². The Kier molecular flexibility index (Phi) is 4.54. The van der Waals surface area contributed by atoms with Gasteiger partial charge in [0.2, 0.25) is 5.60 Å². The number of benzene rings is 1. The number of ether oxygens (including phenoxy) is 5. The minimum Gasteiger partial charge on any atom is -0.442 e. The van der Waals surface area contributed by atoms with Gasteiger partial charge in [-0.1, -0.05) is 36.9 Å². The maximum Gasteiger partial charge on any atom is 0.334 e. The van der Waals surface area contributed by atoms with Crippen molar-refractivity contribution in [2.24, 2.45) is 5.73 Å². The van der Waals surface area contributed by atoms with Gasteiger partial charge in [0, 0.05) is 12.0 Å². The standard InChI is InChI=1S/C20H23NO7/c1-11-9-20(18(21)23,27-16(11)22)15-13(24-10-12-7-5-4-6-8-12)14-17(25-15)28-19(2,3)26-14/h4-8,13-15,17H,1,9-10H2,2-3H3,(H2,21,23). The summed E-state index contributed by atoms with van der Waals surface area (Å²) in [5.41, 5.74) is 5.01. The Hall–Kier alpha value is -2.26. The molecule has 3 heterocycles. The van der Waals surface area contributed by atoms with Gasteiger partial charge in [0.25, 0.3) is 5.91 Å². The highest BCUT2D eigenvalue weighted by molar-refractivity contribution is 5.98. The van der Waals surface area contributed by atoms with Crippen LogP contribution in [0.3, 0.4) is 0 Å². The number of cyclic esters (lactones) is 1. The molecule has 0 bridgehead atoms. The lowest BCUT2D eigenvalue weighted by molar-refractivity contribution is -0.242. The van der Waals surface area contributed by atoms with E-state index < -0.39 is 47.9 Å². The molecule has 1 aromatic rings. The summed E-state index contributed by atoms with van der Waals surface area (Å²) < 4.78 is 29.2. The summed E-state index contributed by atoms with van der Waals surface area (Å²) in [5, 5.41) is 0. The SMILES string of the molecule is C=C1CC(C(N)=O)(C2OC3OC(C)(C)OC3C2OCc2ccccc2)OC1=O. The molecule has 0 radical (unpaired) electrons. The summed E-state index contributed by atoms with van der Waals surface area (Å²) in [5.74, 6) is -2.37. The Morgan fingerprint density at radius 2 is 2.00 bits per heavy atom. The molecule has 0 aromatic heterocycles. The monoisotopic (exact) mass is 389 g/mol. The van der Waals surface area contributed by atoms with Crippen LogP contribution in [-0.2, 0) is 39.9 Å². The second kappa shape index (κ2) is 6.66. The van der Waals surface area contributed by atoms with Crippen molar-refractivity contribution in [3.05, 3.63) is 48.0 Å². The molecule has 0 saturated carbocycles. The maximum atomic E-state index is 12.4. The van der Waals surface area contributed by atoms with E-state index in [1.165, 1.54) is 0 Å². The van der Waals surface area contributed by atoms with Gasteiger partial charge in [-0.15, -0.1) is 0 Å². The second-order valence-electron chi connectivity index (χ2n) is 7.71. The molecule has 1 amide bonds. The number of nitrogens with two attached hydrogens (primary N) is 1. The van der Waals surface area contributed by atoms with Crippen molar-refractivity contribution < 1.29 is 33.3 Å². The third-order valence-electron chi connectivity index (χ3n) is 5.19. The Bertz CT molecular complexity index is 790. The normalized spacial score (nSPS) is 36.4. The minimum absolute atomic E-state index is 0.0696. The molecule has 4 rings (SSSR count). The Labute approximate surface area is 162 Å². The first-order chi connectivity index (χ1) is 13.2. The van der Waals surface area contributed by atoms with Crippen LogP contribution in [0.1, 0.15) is 25.8 Å². The zero-order valence-corrected chi connectivity index (χ0v) is 15.8. The molecule has 8 heteroatoms. The first-order valence-corrected chi connectivity index (χ1v) is 9.09. The lowest BCUT2D eigenvalue weighted by atomic mass is 9.87. The van der Waals surface area contributed by atoms with E-state index in [-0.39, 0.29) is 18.6 Å². The first-order valence-electron chi connectivity index (χ1n) is 9.09. The molecule has 0 spiro atoms. The van der Waals surface area contributed by atoms with E-state index >= 15 is 0 Å². The summed E-state index contributed by atoms with van der Waals surface area (Å²) in [7, 11) is 0. The molecule has 0 aliphatic carbocycles. The molecule has 150 valence electrons.